The first kappa shape index (κ1) is 24.1. The van der Waals surface area contributed by atoms with Gasteiger partial charge >= 0.3 is 0 Å². The Morgan fingerprint density at radius 3 is 2.40 bits per heavy atom. The van der Waals surface area contributed by atoms with E-state index in [1.165, 1.54) is 11.3 Å². The lowest BCUT2D eigenvalue weighted by atomic mass is 9.76. The summed E-state index contributed by atoms with van der Waals surface area (Å²) in [5.41, 5.74) is 4.64. The van der Waals surface area contributed by atoms with Crippen LogP contribution in [0.4, 0.5) is 11.4 Å². The zero-order chi connectivity index (χ0) is 22.0. The lowest BCUT2D eigenvalue weighted by Gasteiger charge is -2.30. The van der Waals surface area contributed by atoms with Gasteiger partial charge in [-0.25, -0.2) is 0 Å². The van der Waals surface area contributed by atoms with E-state index < -0.39 is 0 Å². The van der Waals surface area contributed by atoms with Crippen LogP contribution in [0.3, 0.4) is 0 Å². The fourth-order valence-corrected chi connectivity index (χ4v) is 3.72. The molecule has 1 atom stereocenters. The van der Waals surface area contributed by atoms with Gasteiger partial charge in [0, 0.05) is 41.1 Å². The Hall–Kier alpha value is -2.13. The molecule has 0 spiro atoms. The van der Waals surface area contributed by atoms with Crippen LogP contribution in [0.2, 0.25) is 5.02 Å². The highest BCUT2D eigenvalue weighted by Crippen LogP contribution is 2.38. The molecule has 2 rings (SSSR count). The number of halogens is 1. The van der Waals surface area contributed by atoms with Gasteiger partial charge in [-0.15, -0.1) is 0 Å². The van der Waals surface area contributed by atoms with Crippen LogP contribution in [-0.2, 0) is 5.41 Å². The molecular formula is C26H37ClN2O. The maximum absolute atomic E-state index is 6.37. The summed E-state index contributed by atoms with van der Waals surface area (Å²) in [6, 6.07) is 12.5. The molecule has 1 unspecified atom stereocenters. The molecular weight excluding hydrogens is 392 g/mol. The second kappa shape index (κ2) is 11.9. The molecule has 4 heteroatoms. The number of anilines is 2. The van der Waals surface area contributed by atoms with Crippen LogP contribution in [0.1, 0.15) is 64.5 Å². The summed E-state index contributed by atoms with van der Waals surface area (Å²) in [7, 11) is 1.73. The Morgan fingerprint density at radius 2 is 1.73 bits per heavy atom. The standard InChI is InChI=1S/C26H37ClN2O/c1-6-16-28-22-13-11-20(25(19-22)30-5)10-9-15-26(4,8-3)23-18-21(27)12-14-24(23)29-17-7-2/h9-14,18-19,28-29H,6-8,15-17H2,1-5H3/b10-9+. The monoisotopic (exact) mass is 428 g/mol. The molecule has 0 radical (unpaired) electrons. The van der Waals surface area contributed by atoms with E-state index >= 15 is 0 Å². The van der Waals surface area contributed by atoms with Gasteiger partial charge in [-0.2, -0.15) is 0 Å². The summed E-state index contributed by atoms with van der Waals surface area (Å²) in [5.74, 6) is 0.888. The Kier molecular flexibility index (Phi) is 9.58. The van der Waals surface area contributed by atoms with Gasteiger partial charge in [0.05, 0.1) is 7.11 Å². The van der Waals surface area contributed by atoms with Gasteiger partial charge in [0.25, 0.3) is 0 Å². The van der Waals surface area contributed by atoms with Crippen molar-refractivity contribution in [2.45, 2.75) is 58.8 Å². The Bertz CT molecular complexity index is 834. The Labute approximate surface area is 187 Å². The topological polar surface area (TPSA) is 33.3 Å². The van der Waals surface area contributed by atoms with Crippen molar-refractivity contribution in [3.8, 4) is 5.75 Å². The van der Waals surface area contributed by atoms with E-state index in [0.717, 1.165) is 60.8 Å². The molecule has 0 heterocycles. The van der Waals surface area contributed by atoms with E-state index in [9.17, 15) is 0 Å². The maximum Gasteiger partial charge on any atom is 0.128 e. The largest absolute Gasteiger partial charge is 0.496 e. The number of hydrogen-bond donors (Lipinski definition) is 2. The number of benzene rings is 2. The highest BCUT2D eigenvalue weighted by molar-refractivity contribution is 6.30. The molecule has 3 nitrogen and oxygen atoms in total. The van der Waals surface area contributed by atoms with Gasteiger partial charge in [-0.3, -0.25) is 0 Å². The average Bonchev–Trinajstić information content (AvgIpc) is 2.77. The SMILES string of the molecule is CCCNc1ccc(/C=C/CC(C)(CC)c2cc(Cl)ccc2NCCC)c(OC)c1. The molecule has 0 aliphatic rings. The van der Waals surface area contributed by atoms with Gasteiger partial charge in [-0.1, -0.05) is 51.4 Å². The van der Waals surface area contributed by atoms with Crippen molar-refractivity contribution in [3.63, 3.8) is 0 Å². The minimum Gasteiger partial charge on any atom is -0.496 e. The lowest BCUT2D eigenvalue weighted by molar-refractivity contribution is 0.414. The zero-order valence-electron chi connectivity index (χ0n) is 19.1. The van der Waals surface area contributed by atoms with E-state index in [4.69, 9.17) is 16.3 Å². The van der Waals surface area contributed by atoms with Crippen molar-refractivity contribution in [1.82, 2.24) is 0 Å². The predicted molar refractivity (Wildman–Crippen MR) is 133 cm³/mol. The number of allylic oxidation sites excluding steroid dienone is 1. The summed E-state index contributed by atoms with van der Waals surface area (Å²) in [5, 5.41) is 7.77. The third-order valence-corrected chi connectivity index (χ3v) is 5.89. The first-order valence-corrected chi connectivity index (χ1v) is 11.5. The first-order chi connectivity index (χ1) is 14.5. The quantitative estimate of drug-likeness (QED) is 0.362. The Balaban J connectivity index is 2.24. The fraction of sp³-hybridized carbons (Fsp3) is 0.462. The van der Waals surface area contributed by atoms with Gasteiger partial charge in [0.1, 0.15) is 5.75 Å². The van der Waals surface area contributed by atoms with Gasteiger partial charge in [0.15, 0.2) is 0 Å². The second-order valence-corrected chi connectivity index (χ2v) is 8.46. The van der Waals surface area contributed by atoms with Crippen LogP contribution < -0.4 is 15.4 Å². The molecule has 0 aliphatic heterocycles. The maximum atomic E-state index is 6.37. The van der Waals surface area contributed by atoms with Gasteiger partial charge < -0.3 is 15.4 Å². The molecule has 0 saturated heterocycles. The highest BCUT2D eigenvalue weighted by atomic mass is 35.5. The van der Waals surface area contributed by atoms with E-state index in [2.05, 4.69) is 80.8 Å². The van der Waals surface area contributed by atoms with Crippen molar-refractivity contribution in [2.75, 3.05) is 30.8 Å². The minimum absolute atomic E-state index is 0.00662. The molecule has 2 aromatic carbocycles. The van der Waals surface area contributed by atoms with E-state index in [1.54, 1.807) is 7.11 Å². The number of methoxy groups -OCH3 is 1. The van der Waals surface area contributed by atoms with Crippen molar-refractivity contribution < 1.29 is 4.74 Å². The lowest BCUT2D eigenvalue weighted by Crippen LogP contribution is -2.22. The molecule has 30 heavy (non-hydrogen) atoms. The van der Waals surface area contributed by atoms with Crippen molar-refractivity contribution in [3.05, 3.63) is 58.6 Å². The zero-order valence-corrected chi connectivity index (χ0v) is 19.9. The molecule has 0 amide bonds. The van der Waals surface area contributed by atoms with Crippen LogP contribution in [0.25, 0.3) is 6.08 Å². The molecule has 0 bridgehead atoms. The van der Waals surface area contributed by atoms with Crippen molar-refractivity contribution in [2.24, 2.45) is 0 Å². The minimum atomic E-state index is -0.00662. The number of hydrogen-bond acceptors (Lipinski definition) is 3. The van der Waals surface area contributed by atoms with Crippen molar-refractivity contribution >= 4 is 29.1 Å². The summed E-state index contributed by atoms with van der Waals surface area (Å²) in [6.45, 7) is 10.8. The molecule has 164 valence electrons. The molecule has 2 aromatic rings. The van der Waals surface area contributed by atoms with Crippen LogP contribution in [0.5, 0.6) is 5.75 Å². The van der Waals surface area contributed by atoms with Crippen LogP contribution in [0.15, 0.2) is 42.5 Å². The van der Waals surface area contributed by atoms with Crippen LogP contribution in [0, 0.1) is 0 Å². The van der Waals surface area contributed by atoms with Gasteiger partial charge in [-0.05, 0) is 67.0 Å². The van der Waals surface area contributed by atoms with Crippen LogP contribution >= 0.6 is 11.6 Å². The molecule has 0 aliphatic carbocycles. The molecule has 0 aromatic heterocycles. The van der Waals surface area contributed by atoms with Crippen LogP contribution in [-0.4, -0.2) is 20.2 Å². The first-order valence-electron chi connectivity index (χ1n) is 11.1. The predicted octanol–water partition coefficient (Wildman–Crippen LogP) is 7.76. The number of nitrogens with one attached hydrogen (secondary N) is 2. The number of ether oxygens (including phenoxy) is 1. The number of rotatable bonds is 12. The third kappa shape index (κ3) is 6.43. The second-order valence-electron chi connectivity index (χ2n) is 8.02. The highest BCUT2D eigenvalue weighted by Gasteiger charge is 2.26. The average molecular weight is 429 g/mol. The summed E-state index contributed by atoms with van der Waals surface area (Å²) in [6.07, 6.45) is 8.55. The molecule has 0 fully saturated rings. The van der Waals surface area contributed by atoms with E-state index in [0.29, 0.717) is 0 Å². The normalized spacial score (nSPS) is 13.3. The molecule has 0 saturated carbocycles. The third-order valence-electron chi connectivity index (χ3n) is 5.66. The van der Waals surface area contributed by atoms with Crippen molar-refractivity contribution in [1.29, 1.82) is 0 Å². The Morgan fingerprint density at radius 1 is 1.00 bits per heavy atom. The smallest absolute Gasteiger partial charge is 0.128 e. The molecule has 2 N–H and O–H groups in total. The summed E-state index contributed by atoms with van der Waals surface area (Å²) in [4.78, 5) is 0. The summed E-state index contributed by atoms with van der Waals surface area (Å²) < 4.78 is 5.62. The fourth-order valence-electron chi connectivity index (χ4n) is 3.55. The summed E-state index contributed by atoms with van der Waals surface area (Å²) >= 11 is 6.37. The van der Waals surface area contributed by atoms with E-state index in [-0.39, 0.29) is 5.41 Å². The van der Waals surface area contributed by atoms with E-state index in [1.807, 2.05) is 6.07 Å². The van der Waals surface area contributed by atoms with Gasteiger partial charge in [0.2, 0.25) is 0 Å².